The van der Waals surface area contributed by atoms with Crippen molar-refractivity contribution in [3.8, 4) is 5.88 Å². The lowest BCUT2D eigenvalue weighted by atomic mass is 10.2. The molecule has 0 radical (unpaired) electrons. The summed E-state index contributed by atoms with van der Waals surface area (Å²) in [5, 5.41) is -0.115. The molecule has 0 saturated carbocycles. The predicted octanol–water partition coefficient (Wildman–Crippen LogP) is 4.32. The Kier molecular flexibility index (Phi) is 5.05. The maximum atomic E-state index is 12.3. The van der Waals surface area contributed by atoms with E-state index in [1.54, 1.807) is 0 Å². The van der Waals surface area contributed by atoms with Crippen LogP contribution in [0.3, 0.4) is 0 Å². The third-order valence-electron chi connectivity index (χ3n) is 2.12. The summed E-state index contributed by atoms with van der Waals surface area (Å²) in [4.78, 5) is 3.57. The molecule has 17 heavy (non-hydrogen) atoms. The number of pyridine rings is 1. The maximum Gasteiger partial charge on any atom is 0.417 e. The fraction of sp³-hybridized carbons (Fsp3) is 0.545. The number of nitrogens with zero attached hydrogens (tertiary/aromatic N) is 1. The smallest absolute Gasteiger partial charge is 0.417 e. The maximum absolute atomic E-state index is 12.3. The molecular weight excluding hydrogens is 255 g/mol. The summed E-state index contributed by atoms with van der Waals surface area (Å²) >= 11 is 5.66. The first-order valence-corrected chi connectivity index (χ1v) is 5.68. The summed E-state index contributed by atoms with van der Waals surface area (Å²) in [6.07, 6.45) is -0.844. The number of hydrogen-bond acceptors (Lipinski definition) is 2. The number of rotatable bonds is 5. The summed E-state index contributed by atoms with van der Waals surface area (Å²) in [5.74, 6) is 0.0516. The highest BCUT2D eigenvalue weighted by atomic mass is 35.5. The van der Waals surface area contributed by atoms with Gasteiger partial charge >= 0.3 is 6.18 Å². The fourth-order valence-corrected chi connectivity index (χ4v) is 1.43. The summed E-state index contributed by atoms with van der Waals surface area (Å²) in [6.45, 7) is 2.45. The van der Waals surface area contributed by atoms with E-state index >= 15 is 0 Å². The van der Waals surface area contributed by atoms with Gasteiger partial charge in [-0.3, -0.25) is 0 Å². The summed E-state index contributed by atoms with van der Waals surface area (Å²) < 4.78 is 42.1. The monoisotopic (exact) mass is 267 g/mol. The van der Waals surface area contributed by atoms with Crippen LogP contribution in [0.25, 0.3) is 0 Å². The van der Waals surface area contributed by atoms with Gasteiger partial charge in [0.15, 0.2) is 0 Å². The highest BCUT2D eigenvalue weighted by Gasteiger charge is 2.31. The predicted molar refractivity (Wildman–Crippen MR) is 59.3 cm³/mol. The minimum absolute atomic E-state index is 0.0516. The van der Waals surface area contributed by atoms with Crippen LogP contribution in [-0.2, 0) is 6.18 Å². The second kappa shape index (κ2) is 6.10. The van der Waals surface area contributed by atoms with Crippen LogP contribution in [0.15, 0.2) is 12.3 Å². The molecule has 6 heteroatoms. The third-order valence-corrected chi connectivity index (χ3v) is 2.39. The van der Waals surface area contributed by atoms with Gasteiger partial charge in [-0.25, -0.2) is 4.98 Å². The molecule has 0 fully saturated rings. The van der Waals surface area contributed by atoms with Crippen molar-refractivity contribution in [2.75, 3.05) is 6.61 Å². The van der Waals surface area contributed by atoms with Gasteiger partial charge in [-0.2, -0.15) is 13.2 Å². The van der Waals surface area contributed by atoms with Gasteiger partial charge in [-0.05, 0) is 12.5 Å². The summed E-state index contributed by atoms with van der Waals surface area (Å²) in [5.41, 5.74) is -0.872. The van der Waals surface area contributed by atoms with E-state index in [1.165, 1.54) is 0 Å². The highest BCUT2D eigenvalue weighted by molar-refractivity contribution is 6.31. The Labute approximate surface area is 103 Å². The molecule has 0 atom stereocenters. The van der Waals surface area contributed by atoms with Crippen molar-refractivity contribution in [2.45, 2.75) is 32.4 Å². The Morgan fingerprint density at radius 3 is 2.59 bits per heavy atom. The van der Waals surface area contributed by atoms with Gasteiger partial charge in [0.1, 0.15) is 5.02 Å². The molecule has 96 valence electrons. The minimum Gasteiger partial charge on any atom is -0.477 e. The summed E-state index contributed by atoms with van der Waals surface area (Å²) in [6, 6.07) is 0.823. The van der Waals surface area contributed by atoms with Gasteiger partial charge < -0.3 is 4.74 Å². The first-order chi connectivity index (χ1) is 7.95. The zero-order chi connectivity index (χ0) is 12.9. The van der Waals surface area contributed by atoms with E-state index in [0.717, 1.165) is 31.5 Å². The molecule has 1 rings (SSSR count). The molecule has 2 nitrogen and oxygen atoms in total. The van der Waals surface area contributed by atoms with Gasteiger partial charge in [0.25, 0.3) is 0 Å². The zero-order valence-corrected chi connectivity index (χ0v) is 10.1. The molecule has 1 aromatic heterocycles. The lowest BCUT2D eigenvalue weighted by Gasteiger charge is -2.09. The Balaban J connectivity index is 2.64. The van der Waals surface area contributed by atoms with E-state index in [2.05, 4.69) is 4.98 Å². The Bertz CT molecular complexity index is 368. The van der Waals surface area contributed by atoms with Crippen molar-refractivity contribution in [3.05, 3.63) is 22.8 Å². The molecule has 0 aromatic carbocycles. The molecular formula is C11H13ClF3NO. The van der Waals surface area contributed by atoms with Crippen LogP contribution >= 0.6 is 11.6 Å². The topological polar surface area (TPSA) is 22.1 Å². The van der Waals surface area contributed by atoms with Crippen LogP contribution < -0.4 is 4.74 Å². The van der Waals surface area contributed by atoms with Crippen LogP contribution in [0.4, 0.5) is 13.2 Å². The van der Waals surface area contributed by atoms with Crippen LogP contribution in [0.1, 0.15) is 31.7 Å². The molecule has 0 aliphatic heterocycles. The SMILES string of the molecule is CCCCCOc1ncc(C(F)(F)F)cc1Cl. The fourth-order valence-electron chi connectivity index (χ4n) is 1.21. The number of alkyl halides is 3. The lowest BCUT2D eigenvalue weighted by molar-refractivity contribution is -0.137. The van der Waals surface area contributed by atoms with E-state index in [0.29, 0.717) is 6.61 Å². The van der Waals surface area contributed by atoms with Gasteiger partial charge in [0.05, 0.1) is 12.2 Å². The molecule has 0 spiro atoms. The first-order valence-electron chi connectivity index (χ1n) is 5.30. The van der Waals surface area contributed by atoms with Crippen molar-refractivity contribution in [1.82, 2.24) is 4.98 Å². The largest absolute Gasteiger partial charge is 0.477 e. The van der Waals surface area contributed by atoms with Crippen molar-refractivity contribution < 1.29 is 17.9 Å². The lowest BCUT2D eigenvalue weighted by Crippen LogP contribution is -2.07. The van der Waals surface area contributed by atoms with E-state index in [9.17, 15) is 13.2 Å². The number of ether oxygens (including phenoxy) is 1. The first kappa shape index (κ1) is 14.1. The van der Waals surface area contributed by atoms with Gasteiger partial charge in [0.2, 0.25) is 5.88 Å². The van der Waals surface area contributed by atoms with Crippen molar-refractivity contribution in [1.29, 1.82) is 0 Å². The van der Waals surface area contributed by atoms with E-state index in [1.807, 2.05) is 6.92 Å². The van der Waals surface area contributed by atoms with Crippen molar-refractivity contribution >= 4 is 11.6 Å². The van der Waals surface area contributed by atoms with Crippen LogP contribution in [0.5, 0.6) is 5.88 Å². The van der Waals surface area contributed by atoms with Gasteiger partial charge in [-0.1, -0.05) is 31.4 Å². The van der Waals surface area contributed by atoms with Gasteiger partial charge in [0, 0.05) is 6.20 Å². The van der Waals surface area contributed by atoms with Crippen molar-refractivity contribution in [3.63, 3.8) is 0 Å². The normalized spacial score (nSPS) is 11.6. The second-order valence-electron chi connectivity index (χ2n) is 3.56. The quantitative estimate of drug-likeness (QED) is 0.741. The number of halogens is 4. The molecule has 0 amide bonds. The van der Waals surface area contributed by atoms with Gasteiger partial charge in [-0.15, -0.1) is 0 Å². The van der Waals surface area contributed by atoms with E-state index < -0.39 is 11.7 Å². The molecule has 1 aromatic rings. The Hall–Kier alpha value is -0.970. The number of hydrogen-bond donors (Lipinski definition) is 0. The van der Waals surface area contributed by atoms with E-state index in [4.69, 9.17) is 16.3 Å². The molecule has 0 aliphatic rings. The number of aromatic nitrogens is 1. The molecule has 0 bridgehead atoms. The van der Waals surface area contributed by atoms with Crippen molar-refractivity contribution in [2.24, 2.45) is 0 Å². The van der Waals surface area contributed by atoms with Crippen LogP contribution in [0, 0.1) is 0 Å². The summed E-state index contributed by atoms with van der Waals surface area (Å²) in [7, 11) is 0. The average molecular weight is 268 g/mol. The highest BCUT2D eigenvalue weighted by Crippen LogP contribution is 2.33. The third kappa shape index (κ3) is 4.42. The minimum atomic E-state index is -4.43. The standard InChI is InChI=1S/C11H13ClF3NO/c1-2-3-4-5-17-10-9(12)6-8(7-16-10)11(13,14)15/h6-7H,2-5H2,1H3. The Morgan fingerprint density at radius 2 is 2.06 bits per heavy atom. The van der Waals surface area contributed by atoms with Crippen LogP contribution in [0.2, 0.25) is 5.02 Å². The Morgan fingerprint density at radius 1 is 1.35 bits per heavy atom. The number of unbranched alkanes of at least 4 members (excludes halogenated alkanes) is 2. The molecule has 0 unspecified atom stereocenters. The molecule has 0 aliphatic carbocycles. The van der Waals surface area contributed by atoms with E-state index in [-0.39, 0.29) is 10.9 Å². The molecule has 0 N–H and O–H groups in total. The van der Waals surface area contributed by atoms with Crippen LogP contribution in [-0.4, -0.2) is 11.6 Å². The molecule has 0 saturated heterocycles. The second-order valence-corrected chi connectivity index (χ2v) is 3.97. The average Bonchev–Trinajstić information content (AvgIpc) is 2.24. The zero-order valence-electron chi connectivity index (χ0n) is 9.35. The molecule has 1 heterocycles.